The summed E-state index contributed by atoms with van der Waals surface area (Å²) in [5, 5.41) is 2.68. The highest BCUT2D eigenvalue weighted by Gasteiger charge is 2.41. The van der Waals surface area contributed by atoms with Crippen LogP contribution in [0.2, 0.25) is 0 Å². The van der Waals surface area contributed by atoms with Crippen LogP contribution < -0.4 is 11.1 Å². The van der Waals surface area contributed by atoms with Crippen LogP contribution in [-0.4, -0.2) is 48.7 Å². The van der Waals surface area contributed by atoms with Crippen LogP contribution in [0.15, 0.2) is 24.3 Å². The molecule has 1 aliphatic heterocycles. The fraction of sp³-hybridized carbons (Fsp3) is 0.500. The molecule has 1 aromatic carbocycles. The van der Waals surface area contributed by atoms with Gasteiger partial charge in [0.05, 0.1) is 0 Å². The molecule has 0 unspecified atom stereocenters. The summed E-state index contributed by atoms with van der Waals surface area (Å²) in [5.74, 6) is -2.29. The Labute approximate surface area is 143 Å². The van der Waals surface area contributed by atoms with Gasteiger partial charge in [0.15, 0.2) is 0 Å². The zero-order valence-corrected chi connectivity index (χ0v) is 13.7. The number of carbonyl (C=O) groups is 2. The normalized spacial score (nSPS) is 17.0. The minimum Gasteiger partial charge on any atom is -0.381 e. The number of ether oxygens (including phenoxy) is 1. The molecular weight excluding hydrogens is 339 g/mol. The van der Waals surface area contributed by atoms with Crippen LogP contribution in [0, 0.1) is 0 Å². The van der Waals surface area contributed by atoms with Gasteiger partial charge in [0, 0.05) is 32.5 Å². The third-order valence-corrected chi connectivity index (χ3v) is 4.03. The van der Waals surface area contributed by atoms with Gasteiger partial charge in [-0.3, -0.25) is 9.59 Å². The maximum absolute atomic E-state index is 12.4. The summed E-state index contributed by atoms with van der Waals surface area (Å²) in [7, 11) is 1.07. The van der Waals surface area contributed by atoms with Gasteiger partial charge in [0.2, 0.25) is 5.91 Å². The van der Waals surface area contributed by atoms with Crippen LogP contribution in [0.1, 0.15) is 18.4 Å². The Morgan fingerprint density at radius 3 is 2.56 bits per heavy atom. The first-order chi connectivity index (χ1) is 11.6. The van der Waals surface area contributed by atoms with Crippen molar-refractivity contribution < 1.29 is 27.5 Å². The monoisotopic (exact) mass is 359 g/mol. The van der Waals surface area contributed by atoms with Crippen molar-refractivity contribution in [2.75, 3.05) is 25.6 Å². The first kappa shape index (κ1) is 19.2. The van der Waals surface area contributed by atoms with Gasteiger partial charge in [0.25, 0.3) is 0 Å². The van der Waals surface area contributed by atoms with Crippen molar-refractivity contribution in [2.24, 2.45) is 5.73 Å². The lowest BCUT2D eigenvalue weighted by Gasteiger charge is -2.31. The third kappa shape index (κ3) is 4.93. The molecule has 3 N–H and O–H groups in total. The Bertz CT molecular complexity index is 643. The number of amides is 2. The highest BCUT2D eigenvalue weighted by molar-refractivity contribution is 5.98. The second kappa shape index (κ2) is 7.40. The van der Waals surface area contributed by atoms with E-state index in [9.17, 15) is 22.8 Å². The molecule has 1 fully saturated rings. The number of hydrogen-bond acceptors (Lipinski definition) is 4. The van der Waals surface area contributed by atoms with E-state index in [1.54, 1.807) is 18.2 Å². The summed E-state index contributed by atoms with van der Waals surface area (Å²) < 4.78 is 42.5. The van der Waals surface area contributed by atoms with Crippen LogP contribution in [0.3, 0.4) is 0 Å². The van der Waals surface area contributed by atoms with Gasteiger partial charge < -0.3 is 20.7 Å². The smallest absolute Gasteiger partial charge is 0.381 e. The molecule has 0 radical (unpaired) electrons. The largest absolute Gasteiger partial charge is 0.471 e. The summed E-state index contributed by atoms with van der Waals surface area (Å²) in [6.45, 7) is 0.562. The molecule has 0 aromatic heterocycles. The van der Waals surface area contributed by atoms with Crippen molar-refractivity contribution in [1.29, 1.82) is 0 Å². The van der Waals surface area contributed by atoms with Gasteiger partial charge in [-0.1, -0.05) is 12.1 Å². The molecule has 25 heavy (non-hydrogen) atoms. The van der Waals surface area contributed by atoms with Crippen LogP contribution in [0.5, 0.6) is 0 Å². The molecule has 0 aliphatic carbocycles. The minimum atomic E-state index is -4.92. The second-order valence-corrected chi connectivity index (χ2v) is 6.08. The molecule has 0 spiro atoms. The molecule has 1 saturated heterocycles. The van der Waals surface area contributed by atoms with E-state index in [0.717, 1.165) is 7.05 Å². The van der Waals surface area contributed by atoms with Gasteiger partial charge in [0.1, 0.15) is 5.54 Å². The highest BCUT2D eigenvalue weighted by atomic mass is 19.4. The fourth-order valence-electron chi connectivity index (χ4n) is 2.53. The molecule has 0 bridgehead atoms. The number of anilines is 1. The molecule has 2 rings (SSSR count). The Balaban J connectivity index is 2.03. The molecule has 0 saturated carbocycles. The molecule has 1 aliphatic rings. The molecular formula is C16H20F3N3O3. The van der Waals surface area contributed by atoms with E-state index in [2.05, 4.69) is 5.32 Å². The molecule has 9 heteroatoms. The summed E-state index contributed by atoms with van der Waals surface area (Å²) in [6.07, 6.45) is -4.14. The van der Waals surface area contributed by atoms with Crippen molar-refractivity contribution in [3.63, 3.8) is 0 Å². The first-order valence-electron chi connectivity index (χ1n) is 7.71. The zero-order chi connectivity index (χ0) is 18.7. The fourth-order valence-corrected chi connectivity index (χ4v) is 2.53. The topological polar surface area (TPSA) is 84.7 Å². The summed E-state index contributed by atoms with van der Waals surface area (Å²) in [6, 6.07) is 6.28. The standard InChI is InChI=1S/C16H20F3N3O3/c1-22(14(24)16(17,18)19)10-11-3-2-4-12(9-11)21-13(23)15(20)5-7-25-8-6-15/h2-4,9H,5-8,10,20H2,1H3,(H,21,23). The van der Waals surface area contributed by atoms with Crippen molar-refractivity contribution in [1.82, 2.24) is 4.90 Å². The summed E-state index contributed by atoms with van der Waals surface area (Å²) >= 11 is 0. The van der Waals surface area contributed by atoms with E-state index in [1.165, 1.54) is 6.07 Å². The Kier molecular flexibility index (Phi) is 5.69. The predicted molar refractivity (Wildman–Crippen MR) is 84.6 cm³/mol. The lowest BCUT2D eigenvalue weighted by atomic mass is 9.90. The summed E-state index contributed by atoms with van der Waals surface area (Å²) in [4.78, 5) is 24.1. The number of halogens is 3. The van der Waals surface area contributed by atoms with Crippen molar-refractivity contribution in [2.45, 2.75) is 31.1 Å². The van der Waals surface area contributed by atoms with Gasteiger partial charge in [-0.25, -0.2) is 0 Å². The molecule has 138 valence electrons. The molecule has 2 amide bonds. The SMILES string of the molecule is CN(Cc1cccc(NC(=O)C2(N)CCOCC2)c1)C(=O)C(F)(F)F. The molecule has 0 atom stereocenters. The van der Waals surface area contributed by atoms with Gasteiger partial charge in [-0.05, 0) is 30.5 Å². The van der Waals surface area contributed by atoms with E-state index in [1.807, 2.05) is 0 Å². The second-order valence-electron chi connectivity index (χ2n) is 6.08. The van der Waals surface area contributed by atoms with Crippen molar-refractivity contribution in [3.05, 3.63) is 29.8 Å². The first-order valence-corrected chi connectivity index (χ1v) is 7.71. The molecule has 6 nitrogen and oxygen atoms in total. The van der Waals surface area contributed by atoms with Gasteiger partial charge in [-0.2, -0.15) is 13.2 Å². The van der Waals surface area contributed by atoms with Gasteiger partial charge in [-0.15, -0.1) is 0 Å². The average Bonchev–Trinajstić information content (AvgIpc) is 2.54. The lowest BCUT2D eigenvalue weighted by Crippen LogP contribution is -2.54. The number of benzene rings is 1. The average molecular weight is 359 g/mol. The summed E-state index contributed by atoms with van der Waals surface area (Å²) in [5.41, 5.74) is 5.92. The Morgan fingerprint density at radius 2 is 1.96 bits per heavy atom. The zero-order valence-electron chi connectivity index (χ0n) is 13.7. The number of nitrogens with zero attached hydrogens (tertiary/aromatic N) is 1. The van der Waals surface area contributed by atoms with E-state index < -0.39 is 17.6 Å². The quantitative estimate of drug-likeness (QED) is 0.856. The predicted octanol–water partition coefficient (Wildman–Crippen LogP) is 1.65. The maximum atomic E-state index is 12.4. The van der Waals surface area contributed by atoms with Crippen molar-refractivity contribution in [3.8, 4) is 0 Å². The number of nitrogens with one attached hydrogen (secondary N) is 1. The number of rotatable bonds is 4. The number of hydrogen-bond donors (Lipinski definition) is 2. The third-order valence-electron chi connectivity index (χ3n) is 4.03. The number of alkyl halides is 3. The van der Waals surface area contributed by atoms with Crippen LogP contribution in [-0.2, 0) is 20.9 Å². The Hall–Kier alpha value is -2.13. The number of carbonyl (C=O) groups excluding carboxylic acids is 2. The van der Waals surface area contributed by atoms with E-state index in [-0.39, 0.29) is 12.5 Å². The van der Waals surface area contributed by atoms with E-state index >= 15 is 0 Å². The van der Waals surface area contributed by atoms with Crippen molar-refractivity contribution >= 4 is 17.5 Å². The van der Waals surface area contributed by atoms with E-state index in [0.29, 0.717) is 42.2 Å². The molecule has 1 aromatic rings. The van der Waals surface area contributed by atoms with Crippen LogP contribution in [0.25, 0.3) is 0 Å². The highest BCUT2D eigenvalue weighted by Crippen LogP contribution is 2.22. The van der Waals surface area contributed by atoms with Crippen LogP contribution in [0.4, 0.5) is 18.9 Å². The lowest BCUT2D eigenvalue weighted by molar-refractivity contribution is -0.184. The van der Waals surface area contributed by atoms with Crippen LogP contribution >= 0.6 is 0 Å². The maximum Gasteiger partial charge on any atom is 0.471 e. The number of nitrogens with two attached hydrogens (primary N) is 1. The van der Waals surface area contributed by atoms with Gasteiger partial charge >= 0.3 is 12.1 Å². The minimum absolute atomic E-state index is 0.232. The van der Waals surface area contributed by atoms with E-state index in [4.69, 9.17) is 10.5 Å². The Morgan fingerprint density at radius 1 is 1.32 bits per heavy atom. The molecule has 1 heterocycles.